The molecular formula is C15H22N2O2. The van der Waals surface area contributed by atoms with Crippen LogP contribution in [-0.4, -0.2) is 36.2 Å². The number of nitrogens with one attached hydrogen (secondary N) is 2. The number of aryl methyl sites for hydroxylation is 2. The largest absolute Gasteiger partial charge is 0.390 e. The average molecular weight is 262 g/mol. The highest BCUT2D eigenvalue weighted by atomic mass is 16.3. The van der Waals surface area contributed by atoms with E-state index in [0.29, 0.717) is 13.0 Å². The molecule has 2 atom stereocenters. The zero-order valence-electron chi connectivity index (χ0n) is 11.6. The Bertz CT molecular complexity index is 459. The fourth-order valence-electron chi connectivity index (χ4n) is 2.43. The van der Waals surface area contributed by atoms with Crippen molar-refractivity contribution in [2.45, 2.75) is 38.8 Å². The first-order valence-electron chi connectivity index (χ1n) is 6.80. The quantitative estimate of drug-likeness (QED) is 0.751. The van der Waals surface area contributed by atoms with Crippen LogP contribution >= 0.6 is 0 Å². The first kappa shape index (κ1) is 14.0. The van der Waals surface area contributed by atoms with Gasteiger partial charge in [0.15, 0.2) is 0 Å². The van der Waals surface area contributed by atoms with Crippen LogP contribution in [0.2, 0.25) is 0 Å². The number of piperidine rings is 1. The average Bonchev–Trinajstić information content (AvgIpc) is 2.37. The molecular weight excluding hydrogens is 240 g/mol. The molecule has 0 aromatic heterocycles. The van der Waals surface area contributed by atoms with Crippen LogP contribution in [0, 0.1) is 13.8 Å². The number of benzene rings is 1. The van der Waals surface area contributed by atoms with Gasteiger partial charge in [0.2, 0.25) is 5.91 Å². The molecule has 2 rings (SSSR count). The Kier molecular flexibility index (Phi) is 4.56. The van der Waals surface area contributed by atoms with Gasteiger partial charge in [-0.25, -0.2) is 0 Å². The normalized spacial score (nSPS) is 23.1. The highest BCUT2D eigenvalue weighted by Gasteiger charge is 2.24. The van der Waals surface area contributed by atoms with Gasteiger partial charge in [0, 0.05) is 6.54 Å². The van der Waals surface area contributed by atoms with Crippen LogP contribution in [0.1, 0.15) is 23.1 Å². The van der Waals surface area contributed by atoms with Gasteiger partial charge in [-0.3, -0.25) is 4.79 Å². The molecule has 19 heavy (non-hydrogen) atoms. The van der Waals surface area contributed by atoms with E-state index in [9.17, 15) is 9.90 Å². The van der Waals surface area contributed by atoms with Crippen molar-refractivity contribution in [3.05, 3.63) is 34.9 Å². The topological polar surface area (TPSA) is 61.4 Å². The third-order valence-electron chi connectivity index (χ3n) is 3.65. The Hall–Kier alpha value is -1.39. The summed E-state index contributed by atoms with van der Waals surface area (Å²) in [5, 5.41) is 15.8. The van der Waals surface area contributed by atoms with Crippen molar-refractivity contribution >= 4 is 5.91 Å². The number of hydrogen-bond donors (Lipinski definition) is 3. The molecule has 4 nitrogen and oxygen atoms in total. The standard InChI is InChI=1S/C15H22N2O2/c1-10-3-4-11(2)12(7-10)8-15(19)17-13-5-6-16-9-14(13)18/h3-4,7,13-14,16,18H,5-6,8-9H2,1-2H3,(H,17,19)/t13-,14-/m1/s1. The molecule has 1 aromatic carbocycles. The molecule has 0 radical (unpaired) electrons. The summed E-state index contributed by atoms with van der Waals surface area (Å²) in [5.41, 5.74) is 3.35. The van der Waals surface area contributed by atoms with Crippen LogP contribution < -0.4 is 10.6 Å². The van der Waals surface area contributed by atoms with E-state index in [1.807, 2.05) is 32.0 Å². The lowest BCUT2D eigenvalue weighted by Crippen LogP contribution is -2.53. The molecule has 1 aromatic rings. The van der Waals surface area contributed by atoms with E-state index in [4.69, 9.17) is 0 Å². The molecule has 0 unspecified atom stereocenters. The van der Waals surface area contributed by atoms with Crippen molar-refractivity contribution < 1.29 is 9.90 Å². The van der Waals surface area contributed by atoms with Crippen LogP contribution in [0.15, 0.2) is 18.2 Å². The molecule has 1 aliphatic heterocycles. The van der Waals surface area contributed by atoms with Crippen molar-refractivity contribution in [2.75, 3.05) is 13.1 Å². The molecule has 1 heterocycles. The Labute approximate surface area is 114 Å². The summed E-state index contributed by atoms with van der Waals surface area (Å²) in [6.45, 7) is 5.43. The van der Waals surface area contributed by atoms with Gasteiger partial charge in [-0.15, -0.1) is 0 Å². The maximum atomic E-state index is 12.0. The number of β-amino-alcohol motifs (C(OH)–C–C–N with tert-alkyl or cyclic N) is 1. The van der Waals surface area contributed by atoms with E-state index >= 15 is 0 Å². The summed E-state index contributed by atoms with van der Waals surface area (Å²) in [6, 6.07) is 6.01. The molecule has 1 fully saturated rings. The van der Waals surface area contributed by atoms with E-state index in [-0.39, 0.29) is 11.9 Å². The Morgan fingerprint density at radius 1 is 1.47 bits per heavy atom. The molecule has 0 spiro atoms. The van der Waals surface area contributed by atoms with Crippen LogP contribution in [0.3, 0.4) is 0 Å². The summed E-state index contributed by atoms with van der Waals surface area (Å²) >= 11 is 0. The molecule has 4 heteroatoms. The van der Waals surface area contributed by atoms with Crippen molar-refractivity contribution in [1.82, 2.24) is 10.6 Å². The third kappa shape index (κ3) is 3.78. The molecule has 104 valence electrons. The molecule has 1 saturated heterocycles. The number of carbonyl (C=O) groups excluding carboxylic acids is 1. The summed E-state index contributed by atoms with van der Waals surface area (Å²) in [5.74, 6) is -0.0142. The number of carbonyl (C=O) groups is 1. The lowest BCUT2D eigenvalue weighted by Gasteiger charge is -2.29. The first-order valence-corrected chi connectivity index (χ1v) is 6.80. The number of amides is 1. The van der Waals surface area contributed by atoms with Crippen molar-refractivity contribution in [3.63, 3.8) is 0 Å². The van der Waals surface area contributed by atoms with Gasteiger partial charge in [-0.1, -0.05) is 23.8 Å². The minimum absolute atomic E-state index is 0.0142. The van der Waals surface area contributed by atoms with Crippen LogP contribution in [0.4, 0.5) is 0 Å². The predicted molar refractivity (Wildman–Crippen MR) is 75.0 cm³/mol. The van der Waals surface area contributed by atoms with Gasteiger partial charge in [-0.05, 0) is 37.9 Å². The highest BCUT2D eigenvalue weighted by Crippen LogP contribution is 2.12. The Balaban J connectivity index is 1.95. The summed E-state index contributed by atoms with van der Waals surface area (Å²) in [7, 11) is 0. The Morgan fingerprint density at radius 2 is 2.26 bits per heavy atom. The van der Waals surface area contributed by atoms with E-state index in [1.54, 1.807) is 0 Å². The van der Waals surface area contributed by atoms with Crippen molar-refractivity contribution in [2.24, 2.45) is 0 Å². The minimum atomic E-state index is -0.490. The molecule has 1 aliphatic rings. The fraction of sp³-hybridized carbons (Fsp3) is 0.533. The molecule has 0 bridgehead atoms. The van der Waals surface area contributed by atoms with Gasteiger partial charge >= 0.3 is 0 Å². The van der Waals surface area contributed by atoms with Gasteiger partial charge in [0.1, 0.15) is 0 Å². The van der Waals surface area contributed by atoms with E-state index in [2.05, 4.69) is 10.6 Å². The summed E-state index contributed by atoms with van der Waals surface area (Å²) < 4.78 is 0. The van der Waals surface area contributed by atoms with Gasteiger partial charge in [-0.2, -0.15) is 0 Å². The smallest absolute Gasteiger partial charge is 0.224 e. The van der Waals surface area contributed by atoms with Gasteiger partial charge in [0.25, 0.3) is 0 Å². The van der Waals surface area contributed by atoms with E-state index < -0.39 is 6.10 Å². The van der Waals surface area contributed by atoms with E-state index in [0.717, 1.165) is 29.7 Å². The number of aliphatic hydroxyl groups excluding tert-OH is 1. The predicted octanol–water partition coefficient (Wildman–Crippen LogP) is 0.685. The first-order chi connectivity index (χ1) is 9.06. The number of hydrogen-bond acceptors (Lipinski definition) is 3. The highest BCUT2D eigenvalue weighted by molar-refractivity contribution is 5.79. The summed E-state index contributed by atoms with van der Waals surface area (Å²) in [4.78, 5) is 12.0. The van der Waals surface area contributed by atoms with Crippen molar-refractivity contribution in [1.29, 1.82) is 0 Å². The van der Waals surface area contributed by atoms with Crippen LogP contribution in [-0.2, 0) is 11.2 Å². The molecule has 0 aliphatic carbocycles. The second-order valence-corrected chi connectivity index (χ2v) is 5.34. The maximum Gasteiger partial charge on any atom is 0.224 e. The molecule has 3 N–H and O–H groups in total. The molecule has 1 amide bonds. The SMILES string of the molecule is Cc1ccc(C)c(CC(=O)N[C@@H]2CCNC[C@H]2O)c1. The van der Waals surface area contributed by atoms with Crippen molar-refractivity contribution in [3.8, 4) is 0 Å². The second kappa shape index (κ2) is 6.17. The minimum Gasteiger partial charge on any atom is -0.390 e. The van der Waals surface area contributed by atoms with Crippen LogP contribution in [0.5, 0.6) is 0 Å². The zero-order chi connectivity index (χ0) is 13.8. The summed E-state index contributed by atoms with van der Waals surface area (Å²) in [6.07, 6.45) is 0.667. The monoisotopic (exact) mass is 262 g/mol. The van der Waals surface area contributed by atoms with Gasteiger partial charge in [0.05, 0.1) is 18.6 Å². The fourth-order valence-corrected chi connectivity index (χ4v) is 2.43. The second-order valence-electron chi connectivity index (χ2n) is 5.34. The molecule has 0 saturated carbocycles. The van der Waals surface area contributed by atoms with Gasteiger partial charge < -0.3 is 15.7 Å². The number of rotatable bonds is 3. The number of aliphatic hydroxyl groups is 1. The van der Waals surface area contributed by atoms with E-state index in [1.165, 1.54) is 0 Å². The lowest BCUT2D eigenvalue weighted by atomic mass is 10.0. The zero-order valence-corrected chi connectivity index (χ0v) is 11.6. The third-order valence-corrected chi connectivity index (χ3v) is 3.65. The Morgan fingerprint density at radius 3 is 3.00 bits per heavy atom. The lowest BCUT2D eigenvalue weighted by molar-refractivity contribution is -0.122. The maximum absolute atomic E-state index is 12.0. The van der Waals surface area contributed by atoms with Crippen LogP contribution in [0.25, 0.3) is 0 Å².